The molecule has 1 saturated heterocycles. The molecule has 3 rings (SSSR count). The molecule has 1 aromatic carbocycles. The number of carbonyl (C=O) groups is 1. The van der Waals surface area contributed by atoms with E-state index < -0.39 is 21.3 Å². The van der Waals surface area contributed by atoms with Crippen molar-refractivity contribution >= 4 is 26.5 Å². The van der Waals surface area contributed by atoms with E-state index in [1.807, 2.05) is 24.3 Å². The van der Waals surface area contributed by atoms with Crippen LogP contribution in [0.1, 0.15) is 23.8 Å². The summed E-state index contributed by atoms with van der Waals surface area (Å²) in [5, 5.41) is 4.47. The largest absolute Gasteiger partial charge is 0.481 e. The van der Waals surface area contributed by atoms with E-state index in [1.54, 1.807) is 13.0 Å². The van der Waals surface area contributed by atoms with Crippen LogP contribution in [0.15, 0.2) is 30.3 Å². The maximum Gasteiger partial charge on any atom is 0.270 e. The molecule has 122 valence electrons. The Kier molecular flexibility index (Phi) is 3.75. The molecular weight excluding hydrogens is 316 g/mol. The number of sulfone groups is 1. The Morgan fingerprint density at radius 3 is 2.74 bits per heavy atom. The number of nitrogens with one attached hydrogen (secondary N) is 1. The molecule has 0 bridgehead atoms. The van der Waals surface area contributed by atoms with Crippen molar-refractivity contribution in [1.29, 1.82) is 0 Å². The SMILES string of the molecule is COc1nc(C(=O)NC2(C)CCS(=O)(=O)C2)cc2ccccc12. The van der Waals surface area contributed by atoms with Crippen LogP contribution in [-0.4, -0.2) is 43.5 Å². The van der Waals surface area contributed by atoms with E-state index in [-0.39, 0.29) is 17.2 Å². The minimum atomic E-state index is -3.09. The number of amides is 1. The molecule has 1 fully saturated rings. The number of nitrogens with zero attached hydrogens (tertiary/aromatic N) is 1. The second-order valence-electron chi connectivity index (χ2n) is 6.09. The fraction of sp³-hybridized carbons (Fsp3) is 0.375. The zero-order valence-corrected chi connectivity index (χ0v) is 13.8. The van der Waals surface area contributed by atoms with Gasteiger partial charge in [-0.3, -0.25) is 4.79 Å². The molecular formula is C16H18N2O4S. The van der Waals surface area contributed by atoms with Gasteiger partial charge in [-0.25, -0.2) is 13.4 Å². The van der Waals surface area contributed by atoms with Crippen molar-refractivity contribution in [1.82, 2.24) is 10.3 Å². The Hall–Kier alpha value is -2.15. The molecule has 1 N–H and O–H groups in total. The van der Waals surface area contributed by atoms with Gasteiger partial charge in [0.2, 0.25) is 5.88 Å². The van der Waals surface area contributed by atoms with Crippen molar-refractivity contribution in [3.63, 3.8) is 0 Å². The number of rotatable bonds is 3. The molecule has 23 heavy (non-hydrogen) atoms. The average Bonchev–Trinajstić information content (AvgIpc) is 2.79. The Morgan fingerprint density at radius 1 is 1.35 bits per heavy atom. The third-order valence-electron chi connectivity index (χ3n) is 4.05. The highest BCUT2D eigenvalue weighted by molar-refractivity contribution is 7.91. The molecule has 1 amide bonds. The maximum atomic E-state index is 12.5. The Bertz CT molecular complexity index is 879. The molecule has 0 aliphatic carbocycles. The molecule has 1 unspecified atom stereocenters. The number of benzene rings is 1. The molecule has 2 heterocycles. The van der Waals surface area contributed by atoms with Gasteiger partial charge in [0, 0.05) is 5.39 Å². The van der Waals surface area contributed by atoms with Gasteiger partial charge in [-0.2, -0.15) is 0 Å². The number of pyridine rings is 1. The first kappa shape index (κ1) is 15.7. The highest BCUT2D eigenvalue weighted by atomic mass is 32.2. The number of hydrogen-bond donors (Lipinski definition) is 1. The van der Waals surface area contributed by atoms with Gasteiger partial charge in [0.1, 0.15) is 5.69 Å². The minimum Gasteiger partial charge on any atom is -0.481 e. The molecule has 7 heteroatoms. The van der Waals surface area contributed by atoms with Crippen LogP contribution in [0.4, 0.5) is 0 Å². The molecule has 6 nitrogen and oxygen atoms in total. The predicted molar refractivity (Wildman–Crippen MR) is 87.4 cm³/mol. The van der Waals surface area contributed by atoms with Crippen LogP contribution in [0.3, 0.4) is 0 Å². The fourth-order valence-corrected chi connectivity index (χ4v) is 4.98. The second kappa shape index (κ2) is 5.49. The lowest BCUT2D eigenvalue weighted by atomic mass is 10.0. The number of ether oxygens (including phenoxy) is 1. The first-order chi connectivity index (χ1) is 10.8. The molecule has 1 aliphatic rings. The summed E-state index contributed by atoms with van der Waals surface area (Å²) in [6.45, 7) is 1.74. The van der Waals surface area contributed by atoms with Gasteiger partial charge >= 0.3 is 0 Å². The van der Waals surface area contributed by atoms with Gasteiger partial charge in [0.15, 0.2) is 9.84 Å². The Morgan fingerprint density at radius 2 is 2.09 bits per heavy atom. The van der Waals surface area contributed by atoms with Gasteiger partial charge in [-0.1, -0.05) is 18.2 Å². The summed E-state index contributed by atoms with van der Waals surface area (Å²) >= 11 is 0. The summed E-state index contributed by atoms with van der Waals surface area (Å²) in [6.07, 6.45) is 0.409. The van der Waals surface area contributed by atoms with Crippen molar-refractivity contribution in [3.8, 4) is 5.88 Å². The first-order valence-corrected chi connectivity index (χ1v) is 9.11. The van der Waals surface area contributed by atoms with Crippen LogP contribution in [-0.2, 0) is 9.84 Å². The highest BCUT2D eigenvalue weighted by Gasteiger charge is 2.39. The van der Waals surface area contributed by atoms with E-state index in [9.17, 15) is 13.2 Å². The van der Waals surface area contributed by atoms with E-state index in [0.29, 0.717) is 12.3 Å². The number of methoxy groups -OCH3 is 1. The normalized spacial score (nSPS) is 22.9. The molecule has 2 aromatic rings. The standard InChI is InChI=1S/C16H18N2O4S/c1-16(7-8-23(20,21)10-16)18-14(19)13-9-11-5-3-4-6-12(11)15(17-13)22-2/h3-6,9H,7-8,10H2,1-2H3,(H,18,19). The molecule has 0 spiro atoms. The minimum absolute atomic E-state index is 0.0452. The van der Waals surface area contributed by atoms with E-state index in [0.717, 1.165) is 10.8 Å². The second-order valence-corrected chi connectivity index (χ2v) is 8.28. The van der Waals surface area contributed by atoms with Crippen LogP contribution in [0.25, 0.3) is 10.8 Å². The zero-order chi connectivity index (χ0) is 16.7. The third-order valence-corrected chi connectivity index (χ3v) is 5.95. The molecule has 0 radical (unpaired) electrons. The van der Waals surface area contributed by atoms with E-state index in [4.69, 9.17) is 4.74 Å². The molecule has 1 atom stereocenters. The number of aromatic nitrogens is 1. The molecule has 0 saturated carbocycles. The summed E-state index contributed by atoms with van der Waals surface area (Å²) < 4.78 is 28.6. The molecule has 1 aliphatic heterocycles. The third kappa shape index (κ3) is 3.14. The summed E-state index contributed by atoms with van der Waals surface area (Å²) in [6, 6.07) is 9.16. The van der Waals surface area contributed by atoms with Crippen molar-refractivity contribution in [2.24, 2.45) is 0 Å². The number of hydrogen-bond acceptors (Lipinski definition) is 5. The smallest absolute Gasteiger partial charge is 0.270 e. The lowest BCUT2D eigenvalue weighted by molar-refractivity contribution is 0.0909. The number of fused-ring (bicyclic) bond motifs is 1. The van der Waals surface area contributed by atoms with E-state index >= 15 is 0 Å². The topological polar surface area (TPSA) is 85.4 Å². The monoisotopic (exact) mass is 334 g/mol. The number of carbonyl (C=O) groups excluding carboxylic acids is 1. The van der Waals surface area contributed by atoms with Crippen LogP contribution in [0.5, 0.6) is 5.88 Å². The summed E-state index contributed by atoms with van der Waals surface area (Å²) in [5.41, 5.74) is -0.540. The van der Waals surface area contributed by atoms with Crippen LogP contribution >= 0.6 is 0 Å². The summed E-state index contributed by atoms with van der Waals surface area (Å²) in [7, 11) is -1.59. The van der Waals surface area contributed by atoms with Gasteiger partial charge in [-0.15, -0.1) is 0 Å². The predicted octanol–water partition coefficient (Wildman–Crippen LogP) is 1.55. The van der Waals surface area contributed by atoms with Gasteiger partial charge < -0.3 is 10.1 Å². The lowest BCUT2D eigenvalue weighted by Gasteiger charge is -2.23. The van der Waals surface area contributed by atoms with Gasteiger partial charge in [0.25, 0.3) is 5.91 Å². The average molecular weight is 334 g/mol. The van der Waals surface area contributed by atoms with E-state index in [2.05, 4.69) is 10.3 Å². The fourth-order valence-electron chi connectivity index (χ4n) is 2.89. The van der Waals surface area contributed by atoms with Crippen molar-refractivity contribution in [2.75, 3.05) is 18.6 Å². The quantitative estimate of drug-likeness (QED) is 0.920. The van der Waals surface area contributed by atoms with Gasteiger partial charge in [-0.05, 0) is 30.9 Å². The summed E-state index contributed by atoms with van der Waals surface area (Å²) in [5.74, 6) is 0.0282. The van der Waals surface area contributed by atoms with Crippen LogP contribution in [0.2, 0.25) is 0 Å². The van der Waals surface area contributed by atoms with Crippen LogP contribution < -0.4 is 10.1 Å². The highest BCUT2D eigenvalue weighted by Crippen LogP contribution is 2.26. The first-order valence-electron chi connectivity index (χ1n) is 7.29. The Balaban J connectivity index is 1.92. The van der Waals surface area contributed by atoms with Crippen LogP contribution in [0, 0.1) is 0 Å². The Labute approximate surface area is 134 Å². The maximum absolute atomic E-state index is 12.5. The van der Waals surface area contributed by atoms with E-state index in [1.165, 1.54) is 7.11 Å². The van der Waals surface area contributed by atoms with Gasteiger partial charge in [0.05, 0.1) is 24.2 Å². The van der Waals surface area contributed by atoms with Crippen molar-refractivity contribution in [2.45, 2.75) is 18.9 Å². The molecule has 1 aromatic heterocycles. The van der Waals surface area contributed by atoms with Crippen molar-refractivity contribution in [3.05, 3.63) is 36.0 Å². The zero-order valence-electron chi connectivity index (χ0n) is 13.0. The van der Waals surface area contributed by atoms with Crippen molar-refractivity contribution < 1.29 is 17.9 Å². The lowest BCUT2D eigenvalue weighted by Crippen LogP contribution is -2.47. The summed E-state index contributed by atoms with van der Waals surface area (Å²) in [4.78, 5) is 16.7.